The first kappa shape index (κ1) is 13.3. The minimum absolute atomic E-state index is 0.0127. The summed E-state index contributed by atoms with van der Waals surface area (Å²) in [5.74, 6) is 0. The number of amides is 2. The van der Waals surface area contributed by atoms with E-state index in [4.69, 9.17) is 0 Å². The number of benzene rings is 1. The molecule has 3 rings (SSSR count). The van der Waals surface area contributed by atoms with Gasteiger partial charge in [0.25, 0.3) is 0 Å². The van der Waals surface area contributed by atoms with Crippen LogP contribution in [0.2, 0.25) is 0 Å². The van der Waals surface area contributed by atoms with Gasteiger partial charge in [-0.3, -0.25) is 0 Å². The fraction of sp³-hybridized carbons (Fsp3) is 0.562. The Hall–Kier alpha value is -1.71. The van der Waals surface area contributed by atoms with Crippen LogP contribution in [0.1, 0.15) is 43.7 Å². The van der Waals surface area contributed by atoms with E-state index in [2.05, 4.69) is 40.8 Å². The molecule has 2 N–H and O–H groups in total. The Balaban J connectivity index is 1.65. The SMILES string of the molecule is CN1CCC(NC(=O)NC2CCCC2)c2ccccc21. The van der Waals surface area contributed by atoms with Crippen LogP contribution in [0.4, 0.5) is 10.5 Å². The third kappa shape index (κ3) is 2.74. The molecular weight excluding hydrogens is 250 g/mol. The van der Waals surface area contributed by atoms with Gasteiger partial charge >= 0.3 is 6.03 Å². The number of rotatable bonds is 2. The first-order chi connectivity index (χ1) is 9.74. The highest BCUT2D eigenvalue weighted by atomic mass is 16.2. The quantitative estimate of drug-likeness (QED) is 0.870. The maximum atomic E-state index is 12.1. The van der Waals surface area contributed by atoms with Crippen molar-refractivity contribution in [2.24, 2.45) is 0 Å². The van der Waals surface area contributed by atoms with Gasteiger partial charge in [-0.25, -0.2) is 4.79 Å². The van der Waals surface area contributed by atoms with E-state index in [0.717, 1.165) is 25.8 Å². The lowest BCUT2D eigenvalue weighted by Crippen LogP contribution is -2.44. The van der Waals surface area contributed by atoms with Gasteiger partial charge in [-0.15, -0.1) is 0 Å². The molecule has 0 saturated heterocycles. The van der Waals surface area contributed by atoms with E-state index >= 15 is 0 Å². The van der Waals surface area contributed by atoms with Gasteiger partial charge in [-0.1, -0.05) is 31.0 Å². The number of hydrogen-bond acceptors (Lipinski definition) is 2. The highest BCUT2D eigenvalue weighted by molar-refractivity contribution is 5.75. The lowest BCUT2D eigenvalue weighted by atomic mass is 9.97. The zero-order valence-corrected chi connectivity index (χ0v) is 12.1. The Morgan fingerprint density at radius 2 is 1.90 bits per heavy atom. The predicted octanol–water partition coefficient (Wildman–Crippen LogP) is 2.81. The Kier molecular flexibility index (Phi) is 3.81. The summed E-state index contributed by atoms with van der Waals surface area (Å²) in [6.07, 6.45) is 5.68. The minimum atomic E-state index is -0.0127. The Labute approximate surface area is 120 Å². The summed E-state index contributed by atoms with van der Waals surface area (Å²) in [6.45, 7) is 0.978. The molecule has 0 spiro atoms. The average Bonchev–Trinajstić information content (AvgIpc) is 2.95. The normalized spacial score (nSPS) is 22.4. The number of anilines is 1. The van der Waals surface area contributed by atoms with Crippen molar-refractivity contribution in [2.75, 3.05) is 18.5 Å². The fourth-order valence-corrected chi connectivity index (χ4v) is 3.33. The van der Waals surface area contributed by atoms with Crippen LogP contribution < -0.4 is 15.5 Å². The summed E-state index contributed by atoms with van der Waals surface area (Å²) in [6, 6.07) is 8.82. The summed E-state index contributed by atoms with van der Waals surface area (Å²) in [4.78, 5) is 14.4. The van der Waals surface area contributed by atoms with Gasteiger partial charge in [0.1, 0.15) is 0 Å². The number of carbonyl (C=O) groups is 1. The van der Waals surface area contributed by atoms with E-state index in [1.54, 1.807) is 0 Å². The van der Waals surface area contributed by atoms with Gasteiger partial charge < -0.3 is 15.5 Å². The molecule has 20 heavy (non-hydrogen) atoms. The molecule has 0 radical (unpaired) electrons. The number of hydrogen-bond donors (Lipinski definition) is 2. The van der Waals surface area contributed by atoms with Gasteiger partial charge in [0.15, 0.2) is 0 Å². The Bertz CT molecular complexity index is 482. The van der Waals surface area contributed by atoms with Crippen LogP contribution in [0.3, 0.4) is 0 Å². The summed E-state index contributed by atoms with van der Waals surface area (Å²) >= 11 is 0. The van der Waals surface area contributed by atoms with Crippen molar-refractivity contribution in [3.8, 4) is 0 Å². The van der Waals surface area contributed by atoms with Gasteiger partial charge in [0.05, 0.1) is 6.04 Å². The molecule has 1 unspecified atom stereocenters. The number of nitrogens with one attached hydrogen (secondary N) is 2. The van der Waals surface area contributed by atoms with Crippen LogP contribution in [-0.4, -0.2) is 25.7 Å². The molecule has 1 saturated carbocycles. The van der Waals surface area contributed by atoms with Crippen molar-refractivity contribution in [1.29, 1.82) is 0 Å². The summed E-state index contributed by atoms with van der Waals surface area (Å²) in [5, 5.41) is 6.25. The molecule has 0 aromatic heterocycles. The Morgan fingerprint density at radius 1 is 1.15 bits per heavy atom. The van der Waals surface area contributed by atoms with E-state index in [-0.39, 0.29) is 12.1 Å². The van der Waals surface area contributed by atoms with Crippen LogP contribution in [0, 0.1) is 0 Å². The van der Waals surface area contributed by atoms with Crippen LogP contribution in [0.25, 0.3) is 0 Å². The molecule has 108 valence electrons. The van der Waals surface area contributed by atoms with Crippen molar-refractivity contribution >= 4 is 11.7 Å². The third-order valence-corrected chi connectivity index (χ3v) is 4.47. The monoisotopic (exact) mass is 273 g/mol. The molecule has 1 aliphatic heterocycles. The Morgan fingerprint density at radius 3 is 2.70 bits per heavy atom. The number of nitrogens with zero attached hydrogens (tertiary/aromatic N) is 1. The molecule has 1 aromatic carbocycles. The summed E-state index contributed by atoms with van der Waals surface area (Å²) in [7, 11) is 2.10. The predicted molar refractivity (Wildman–Crippen MR) is 81.0 cm³/mol. The standard InChI is InChI=1S/C16H23N3O/c1-19-11-10-14(13-8-4-5-9-15(13)19)18-16(20)17-12-6-2-3-7-12/h4-5,8-9,12,14H,2-3,6-7,10-11H2,1H3,(H2,17,18,20). The van der Waals surface area contributed by atoms with Crippen LogP contribution in [0.15, 0.2) is 24.3 Å². The van der Waals surface area contributed by atoms with Crippen molar-refractivity contribution in [3.05, 3.63) is 29.8 Å². The third-order valence-electron chi connectivity index (χ3n) is 4.47. The van der Waals surface area contributed by atoms with Crippen LogP contribution >= 0.6 is 0 Å². The van der Waals surface area contributed by atoms with Crippen LogP contribution in [-0.2, 0) is 0 Å². The second kappa shape index (κ2) is 5.73. The molecule has 4 heteroatoms. The van der Waals surface area contributed by atoms with Crippen LogP contribution in [0.5, 0.6) is 0 Å². The fourth-order valence-electron chi connectivity index (χ4n) is 3.33. The van der Waals surface area contributed by atoms with Gasteiger partial charge in [-0.2, -0.15) is 0 Å². The summed E-state index contributed by atoms with van der Waals surface area (Å²) in [5.41, 5.74) is 2.45. The molecule has 1 heterocycles. The van der Waals surface area contributed by atoms with Gasteiger partial charge in [0.2, 0.25) is 0 Å². The molecule has 0 bridgehead atoms. The first-order valence-corrected chi connectivity index (χ1v) is 7.61. The van der Waals surface area contributed by atoms with Crippen molar-refractivity contribution in [1.82, 2.24) is 10.6 Å². The van der Waals surface area contributed by atoms with Crippen molar-refractivity contribution in [3.63, 3.8) is 0 Å². The largest absolute Gasteiger partial charge is 0.374 e. The molecular formula is C16H23N3O. The maximum Gasteiger partial charge on any atom is 0.315 e. The van der Waals surface area contributed by atoms with Gasteiger partial charge in [0, 0.05) is 25.3 Å². The number of para-hydroxylation sites is 1. The molecule has 1 aliphatic carbocycles. The minimum Gasteiger partial charge on any atom is -0.374 e. The van der Waals surface area contributed by atoms with Gasteiger partial charge in [-0.05, 0) is 30.9 Å². The highest BCUT2D eigenvalue weighted by Crippen LogP contribution is 2.32. The zero-order valence-electron chi connectivity index (χ0n) is 12.1. The molecule has 1 fully saturated rings. The van der Waals surface area contributed by atoms with Crippen molar-refractivity contribution in [2.45, 2.75) is 44.2 Å². The second-order valence-electron chi connectivity index (χ2n) is 5.92. The van der Waals surface area contributed by atoms with E-state index in [1.807, 2.05) is 6.07 Å². The maximum absolute atomic E-state index is 12.1. The van der Waals surface area contributed by atoms with E-state index in [0.29, 0.717) is 6.04 Å². The number of fused-ring (bicyclic) bond motifs is 1. The summed E-state index contributed by atoms with van der Waals surface area (Å²) < 4.78 is 0. The topological polar surface area (TPSA) is 44.4 Å². The van der Waals surface area contributed by atoms with E-state index in [9.17, 15) is 4.79 Å². The molecule has 2 amide bonds. The van der Waals surface area contributed by atoms with E-state index in [1.165, 1.54) is 24.1 Å². The lowest BCUT2D eigenvalue weighted by molar-refractivity contribution is 0.232. The average molecular weight is 273 g/mol. The highest BCUT2D eigenvalue weighted by Gasteiger charge is 2.25. The second-order valence-corrected chi connectivity index (χ2v) is 5.92. The van der Waals surface area contributed by atoms with E-state index < -0.39 is 0 Å². The smallest absolute Gasteiger partial charge is 0.315 e. The molecule has 1 atom stereocenters. The molecule has 4 nitrogen and oxygen atoms in total. The number of urea groups is 1. The lowest BCUT2D eigenvalue weighted by Gasteiger charge is -2.33. The number of carbonyl (C=O) groups excluding carboxylic acids is 1. The first-order valence-electron chi connectivity index (χ1n) is 7.61. The van der Waals surface area contributed by atoms with Crippen molar-refractivity contribution < 1.29 is 4.79 Å². The molecule has 2 aliphatic rings. The molecule has 1 aromatic rings. The zero-order chi connectivity index (χ0) is 13.9.